The fourth-order valence-electron chi connectivity index (χ4n) is 5.99. The summed E-state index contributed by atoms with van der Waals surface area (Å²) in [6.45, 7) is 14.2. The maximum Gasteiger partial charge on any atom is 0.326 e. The second-order valence-corrected chi connectivity index (χ2v) is 15.5. The van der Waals surface area contributed by atoms with Crippen LogP contribution in [0.2, 0.25) is 0 Å². The first kappa shape index (κ1) is 52.4. The number of ether oxygens (including phenoxy) is 2. The number of likely N-dealkylation sites (N-methyl/N-ethyl adjacent to an activating group) is 1. The molecule has 0 aromatic heterocycles. The quantitative estimate of drug-likeness (QED) is 0.0620. The normalized spacial score (nSPS) is 14.2. The van der Waals surface area contributed by atoms with Gasteiger partial charge in [0.25, 0.3) is 5.91 Å². The largest absolute Gasteiger partial charge is 0.480 e. The molecule has 0 aliphatic heterocycles. The lowest BCUT2D eigenvalue weighted by atomic mass is 10.0. The SMILES string of the molecule is CCCCCCc1ccc(C(=O)N[C@H](COCCCC)C(=O)N[C@H](C)C(=O)NCC(=O)N(C)[C@H](C(=O)N[C@@H](C)C(=O)N[C@@H](CC(C)C)C(=O)O)C(C)OCCCC)cc1. The Hall–Kier alpha value is -4.57. The highest BCUT2D eigenvalue weighted by atomic mass is 16.5. The number of amides is 6. The van der Waals surface area contributed by atoms with Gasteiger partial charge < -0.3 is 46.1 Å². The lowest BCUT2D eigenvalue weighted by Gasteiger charge is -2.33. The third-order valence-corrected chi connectivity index (χ3v) is 9.73. The van der Waals surface area contributed by atoms with Crippen molar-refractivity contribution < 1.29 is 48.1 Å². The molecule has 0 saturated carbocycles. The van der Waals surface area contributed by atoms with Crippen LogP contribution in [-0.4, -0.2) is 121 Å². The van der Waals surface area contributed by atoms with Gasteiger partial charge in [0, 0.05) is 25.8 Å². The van der Waals surface area contributed by atoms with Crippen LogP contribution in [-0.2, 0) is 44.7 Å². The summed E-state index contributed by atoms with van der Waals surface area (Å²) in [7, 11) is 1.37. The van der Waals surface area contributed by atoms with Crippen LogP contribution in [0.15, 0.2) is 24.3 Å². The minimum absolute atomic E-state index is 0.00997. The lowest BCUT2D eigenvalue weighted by molar-refractivity contribution is -0.146. The third-order valence-electron chi connectivity index (χ3n) is 9.73. The highest BCUT2D eigenvalue weighted by Gasteiger charge is 2.35. The number of carboxylic acid groups (broad SMARTS) is 1. The number of aryl methyl sites for hydroxylation is 1. The number of carbonyl (C=O) groups is 7. The fourth-order valence-corrected chi connectivity index (χ4v) is 5.99. The van der Waals surface area contributed by atoms with Crippen LogP contribution in [0.25, 0.3) is 0 Å². The Morgan fingerprint density at radius 2 is 1.27 bits per heavy atom. The zero-order valence-corrected chi connectivity index (χ0v) is 36.8. The first-order valence-electron chi connectivity index (χ1n) is 21.2. The Balaban J connectivity index is 2.98. The van der Waals surface area contributed by atoms with E-state index in [1.54, 1.807) is 19.1 Å². The lowest BCUT2D eigenvalue weighted by Crippen LogP contribution is -2.59. The number of hydrogen-bond acceptors (Lipinski definition) is 9. The Bertz CT molecular complexity index is 1470. The van der Waals surface area contributed by atoms with E-state index in [0.29, 0.717) is 25.2 Å². The summed E-state index contributed by atoms with van der Waals surface area (Å²) in [5.41, 5.74) is 1.50. The van der Waals surface area contributed by atoms with Crippen molar-refractivity contribution in [1.82, 2.24) is 31.5 Å². The van der Waals surface area contributed by atoms with E-state index in [2.05, 4.69) is 33.5 Å². The van der Waals surface area contributed by atoms with Crippen LogP contribution in [0.4, 0.5) is 0 Å². The van der Waals surface area contributed by atoms with Gasteiger partial charge in [-0.1, -0.05) is 78.9 Å². The van der Waals surface area contributed by atoms with Crippen LogP contribution in [0.5, 0.6) is 0 Å². The Kier molecular flexibility index (Phi) is 25.6. The molecule has 59 heavy (non-hydrogen) atoms. The third kappa shape index (κ3) is 20.3. The first-order valence-corrected chi connectivity index (χ1v) is 21.2. The molecule has 0 saturated heterocycles. The number of carbonyl (C=O) groups excluding carboxylic acids is 6. The van der Waals surface area contributed by atoms with Gasteiger partial charge in [-0.15, -0.1) is 0 Å². The summed E-state index contributed by atoms with van der Waals surface area (Å²) in [6, 6.07) is 1.49. The summed E-state index contributed by atoms with van der Waals surface area (Å²) < 4.78 is 11.5. The molecule has 334 valence electrons. The van der Waals surface area contributed by atoms with Crippen molar-refractivity contribution >= 4 is 41.4 Å². The van der Waals surface area contributed by atoms with E-state index < -0.39 is 84.3 Å². The van der Waals surface area contributed by atoms with Crippen molar-refractivity contribution in [2.24, 2.45) is 5.92 Å². The van der Waals surface area contributed by atoms with Gasteiger partial charge in [-0.05, 0) is 76.5 Å². The van der Waals surface area contributed by atoms with Gasteiger partial charge in [-0.25, -0.2) is 4.79 Å². The number of carboxylic acids is 1. The number of nitrogens with zero attached hydrogens (tertiary/aromatic N) is 1. The van der Waals surface area contributed by atoms with E-state index in [4.69, 9.17) is 9.47 Å². The summed E-state index contributed by atoms with van der Waals surface area (Å²) in [5.74, 6) is -5.12. The molecule has 6 amide bonds. The van der Waals surface area contributed by atoms with Crippen molar-refractivity contribution in [1.29, 1.82) is 0 Å². The van der Waals surface area contributed by atoms with Crippen molar-refractivity contribution in [2.75, 3.05) is 33.4 Å². The van der Waals surface area contributed by atoms with Crippen molar-refractivity contribution in [3.05, 3.63) is 35.4 Å². The van der Waals surface area contributed by atoms with Crippen LogP contribution in [0.1, 0.15) is 129 Å². The fraction of sp³-hybridized carbons (Fsp3) is 0.698. The molecule has 0 bridgehead atoms. The van der Waals surface area contributed by atoms with Crippen molar-refractivity contribution in [3.63, 3.8) is 0 Å². The molecule has 0 aliphatic carbocycles. The highest BCUT2D eigenvalue weighted by Crippen LogP contribution is 2.12. The minimum atomic E-state index is -1.23. The predicted octanol–water partition coefficient (Wildman–Crippen LogP) is 3.50. The van der Waals surface area contributed by atoms with E-state index in [-0.39, 0.29) is 18.9 Å². The Morgan fingerprint density at radius 1 is 0.678 bits per heavy atom. The molecule has 0 spiro atoms. The predicted molar refractivity (Wildman–Crippen MR) is 225 cm³/mol. The number of hydrogen-bond donors (Lipinski definition) is 6. The van der Waals surface area contributed by atoms with Gasteiger partial charge in [0.1, 0.15) is 30.2 Å². The highest BCUT2D eigenvalue weighted by molar-refractivity contribution is 5.99. The van der Waals surface area contributed by atoms with Crippen LogP contribution in [0.3, 0.4) is 0 Å². The maximum absolute atomic E-state index is 13.6. The molecule has 1 aromatic rings. The van der Waals surface area contributed by atoms with Crippen LogP contribution >= 0.6 is 0 Å². The molecule has 0 fully saturated rings. The first-order chi connectivity index (χ1) is 28.0. The Labute approximate surface area is 351 Å². The van der Waals surface area contributed by atoms with Gasteiger partial charge in [0.05, 0.1) is 19.3 Å². The topological polar surface area (TPSA) is 222 Å². The van der Waals surface area contributed by atoms with Gasteiger partial charge >= 0.3 is 5.97 Å². The molecule has 0 radical (unpaired) electrons. The van der Waals surface area contributed by atoms with E-state index in [1.165, 1.54) is 27.3 Å². The number of aliphatic carboxylic acids is 1. The van der Waals surface area contributed by atoms with E-state index in [9.17, 15) is 38.7 Å². The summed E-state index contributed by atoms with van der Waals surface area (Å²) in [5, 5.41) is 22.4. The van der Waals surface area contributed by atoms with E-state index in [1.807, 2.05) is 39.8 Å². The van der Waals surface area contributed by atoms with Gasteiger partial charge in [-0.2, -0.15) is 0 Å². The van der Waals surface area contributed by atoms with Gasteiger partial charge in [0.2, 0.25) is 29.5 Å². The molecule has 0 heterocycles. The average molecular weight is 833 g/mol. The number of unbranched alkanes of at least 4 members (excludes halogenated alkanes) is 5. The molecule has 0 aliphatic rings. The molecule has 1 rings (SSSR count). The molecule has 1 aromatic carbocycles. The second kappa shape index (κ2) is 28.8. The molecular weight excluding hydrogens is 761 g/mol. The molecular formula is C43H72N6O10. The number of rotatable bonds is 30. The summed E-state index contributed by atoms with van der Waals surface area (Å²) in [4.78, 5) is 92.5. The Morgan fingerprint density at radius 3 is 1.86 bits per heavy atom. The van der Waals surface area contributed by atoms with Gasteiger partial charge in [-0.3, -0.25) is 28.8 Å². The molecule has 6 atom stereocenters. The van der Waals surface area contributed by atoms with Crippen LogP contribution < -0.4 is 26.6 Å². The molecule has 1 unspecified atom stereocenters. The van der Waals surface area contributed by atoms with Crippen molar-refractivity contribution in [3.8, 4) is 0 Å². The zero-order chi connectivity index (χ0) is 44.5. The van der Waals surface area contributed by atoms with Crippen molar-refractivity contribution in [2.45, 2.75) is 156 Å². The molecule has 6 N–H and O–H groups in total. The maximum atomic E-state index is 13.6. The average Bonchev–Trinajstić information content (AvgIpc) is 3.19. The van der Waals surface area contributed by atoms with E-state index >= 15 is 0 Å². The number of benzene rings is 1. The van der Waals surface area contributed by atoms with E-state index in [0.717, 1.165) is 55.4 Å². The van der Waals surface area contributed by atoms with Gasteiger partial charge in [0.15, 0.2) is 0 Å². The zero-order valence-electron chi connectivity index (χ0n) is 36.8. The molecule has 16 nitrogen and oxygen atoms in total. The smallest absolute Gasteiger partial charge is 0.326 e. The number of nitrogens with one attached hydrogen (secondary N) is 5. The minimum Gasteiger partial charge on any atom is -0.480 e. The summed E-state index contributed by atoms with van der Waals surface area (Å²) in [6.07, 6.45) is 7.97. The standard InChI is InChI=1S/C43H72N6O10/c1-10-13-16-17-18-32-19-21-33(22-20-32)40(53)48-35(27-58-23-14-11-2)41(54)45-29(6)38(51)44-26-36(50)49(9)37(31(8)59-24-15-12-3)42(55)46-30(7)39(52)47-34(43(56)57)25-28(4)5/h19-22,28-31,34-35,37H,10-18,23-27H2,1-9H3,(H,44,51)(H,45,54)(H,46,55)(H,47,52)(H,48,53)(H,56,57)/t29-,30+,31?,34+,35-,37+/m1/s1. The van der Waals surface area contributed by atoms with Crippen LogP contribution in [0, 0.1) is 5.92 Å². The summed E-state index contributed by atoms with van der Waals surface area (Å²) >= 11 is 0. The monoisotopic (exact) mass is 833 g/mol. The second-order valence-electron chi connectivity index (χ2n) is 15.5. The molecule has 16 heteroatoms.